The fraction of sp³-hybridized carbons (Fsp3) is 0.600. The zero-order valence-electron chi connectivity index (χ0n) is 11.2. The summed E-state index contributed by atoms with van der Waals surface area (Å²) < 4.78 is 32.5. The maximum Gasteiger partial charge on any atom is 0.530 e. The van der Waals surface area contributed by atoms with Crippen LogP contribution in [-0.2, 0) is 13.6 Å². The number of phosphoric acid groups is 1. The molecule has 1 aromatic rings. The molecule has 9 heteroatoms. The normalized spacial score (nSPS) is 14.2. The molecule has 0 aliphatic heterocycles. The molecule has 0 fully saturated rings. The van der Waals surface area contributed by atoms with Crippen LogP contribution in [0, 0.1) is 0 Å². The van der Waals surface area contributed by atoms with Gasteiger partial charge in [0.05, 0.1) is 26.0 Å². The smallest absolute Gasteiger partial charge is 0.488 e. The molecule has 0 amide bonds. The first-order valence-electron chi connectivity index (χ1n) is 5.66. The second-order valence-electron chi connectivity index (χ2n) is 3.71. The van der Waals surface area contributed by atoms with Crippen LogP contribution in [-0.4, -0.2) is 30.0 Å². The standard InChI is InChI=1S/C10H17N2O6P/c1-5-16-19(14,17-7(2)3)18-8-6-11-12-10(13)9(8)15-4/h6-7H,5H2,1-4H3,(H,12,13). The Bertz CT molecular complexity index is 515. The molecule has 0 aliphatic carbocycles. The van der Waals surface area contributed by atoms with Gasteiger partial charge in [0.15, 0.2) is 5.75 Å². The van der Waals surface area contributed by atoms with E-state index in [1.165, 1.54) is 7.11 Å². The molecule has 0 saturated heterocycles. The fourth-order valence-corrected chi connectivity index (χ4v) is 2.60. The van der Waals surface area contributed by atoms with E-state index in [2.05, 4.69) is 10.2 Å². The van der Waals surface area contributed by atoms with E-state index >= 15 is 0 Å². The van der Waals surface area contributed by atoms with Crippen molar-refractivity contribution in [2.75, 3.05) is 13.7 Å². The van der Waals surface area contributed by atoms with Crippen molar-refractivity contribution < 1.29 is 22.9 Å². The van der Waals surface area contributed by atoms with Crippen LogP contribution >= 0.6 is 7.82 Å². The molecular formula is C10H17N2O6P. The summed E-state index contributed by atoms with van der Waals surface area (Å²) in [5.74, 6) is -0.258. The maximum atomic E-state index is 12.3. The highest BCUT2D eigenvalue weighted by Gasteiger charge is 2.31. The highest BCUT2D eigenvalue weighted by Crippen LogP contribution is 2.51. The van der Waals surface area contributed by atoms with E-state index in [1.54, 1.807) is 20.8 Å². The molecule has 1 rings (SSSR count). The molecule has 19 heavy (non-hydrogen) atoms. The van der Waals surface area contributed by atoms with Crippen molar-refractivity contribution in [2.45, 2.75) is 26.9 Å². The van der Waals surface area contributed by atoms with Crippen LogP contribution in [0.5, 0.6) is 11.5 Å². The summed E-state index contributed by atoms with van der Waals surface area (Å²) in [5, 5.41) is 5.71. The largest absolute Gasteiger partial charge is 0.530 e. The Labute approximate surface area is 110 Å². The molecule has 0 saturated carbocycles. The van der Waals surface area contributed by atoms with Crippen molar-refractivity contribution in [1.82, 2.24) is 10.2 Å². The Morgan fingerprint density at radius 2 is 2.16 bits per heavy atom. The van der Waals surface area contributed by atoms with Gasteiger partial charge in [-0.05, 0) is 20.8 Å². The van der Waals surface area contributed by atoms with E-state index in [-0.39, 0.29) is 24.2 Å². The van der Waals surface area contributed by atoms with Gasteiger partial charge in [0.25, 0.3) is 0 Å². The number of methoxy groups -OCH3 is 1. The molecule has 0 radical (unpaired) electrons. The third-order valence-electron chi connectivity index (χ3n) is 1.82. The van der Waals surface area contributed by atoms with Gasteiger partial charge in [-0.3, -0.25) is 13.8 Å². The molecule has 0 bridgehead atoms. The van der Waals surface area contributed by atoms with Gasteiger partial charge in [0.1, 0.15) is 0 Å². The number of H-pyrrole nitrogens is 1. The monoisotopic (exact) mass is 292 g/mol. The second kappa shape index (κ2) is 6.70. The minimum absolute atomic E-state index is 0.108. The van der Waals surface area contributed by atoms with Crippen LogP contribution in [0.2, 0.25) is 0 Å². The predicted octanol–water partition coefficient (Wildman–Crippen LogP) is 1.73. The first kappa shape index (κ1) is 15.7. The molecule has 108 valence electrons. The number of hydrogen-bond acceptors (Lipinski definition) is 7. The molecular weight excluding hydrogens is 275 g/mol. The lowest BCUT2D eigenvalue weighted by molar-refractivity contribution is 0.129. The lowest BCUT2D eigenvalue weighted by Gasteiger charge is -2.20. The van der Waals surface area contributed by atoms with Crippen LogP contribution in [0.3, 0.4) is 0 Å². The quantitative estimate of drug-likeness (QED) is 0.764. The van der Waals surface area contributed by atoms with E-state index in [0.717, 1.165) is 6.20 Å². The van der Waals surface area contributed by atoms with Crippen molar-refractivity contribution >= 4 is 7.82 Å². The number of nitrogens with zero attached hydrogens (tertiary/aromatic N) is 1. The van der Waals surface area contributed by atoms with Crippen molar-refractivity contribution in [3.05, 3.63) is 16.6 Å². The average Bonchev–Trinajstić information content (AvgIpc) is 2.28. The summed E-state index contributed by atoms with van der Waals surface area (Å²) in [5.41, 5.74) is -0.604. The molecule has 1 unspecified atom stereocenters. The van der Waals surface area contributed by atoms with E-state index in [9.17, 15) is 9.36 Å². The average molecular weight is 292 g/mol. The highest BCUT2D eigenvalue weighted by molar-refractivity contribution is 7.49. The number of nitrogens with one attached hydrogen (secondary N) is 1. The molecule has 1 atom stereocenters. The van der Waals surface area contributed by atoms with Gasteiger partial charge in [-0.2, -0.15) is 5.10 Å². The third kappa shape index (κ3) is 4.34. The third-order valence-corrected chi connectivity index (χ3v) is 3.49. The minimum Gasteiger partial charge on any atom is -0.488 e. The van der Waals surface area contributed by atoms with Gasteiger partial charge in [0.2, 0.25) is 5.75 Å². The molecule has 1 aromatic heterocycles. The van der Waals surface area contributed by atoms with Crippen molar-refractivity contribution in [3.63, 3.8) is 0 Å². The van der Waals surface area contributed by atoms with Gasteiger partial charge < -0.3 is 9.26 Å². The van der Waals surface area contributed by atoms with Crippen LogP contribution in [0.1, 0.15) is 20.8 Å². The van der Waals surface area contributed by atoms with Crippen molar-refractivity contribution in [1.29, 1.82) is 0 Å². The number of aromatic amines is 1. The van der Waals surface area contributed by atoms with Gasteiger partial charge in [-0.25, -0.2) is 9.66 Å². The lowest BCUT2D eigenvalue weighted by Crippen LogP contribution is -2.14. The molecule has 1 heterocycles. The summed E-state index contributed by atoms with van der Waals surface area (Å²) in [6.45, 7) is 5.14. The van der Waals surface area contributed by atoms with Gasteiger partial charge >= 0.3 is 13.4 Å². The first-order chi connectivity index (χ1) is 8.91. The van der Waals surface area contributed by atoms with Crippen LogP contribution in [0.15, 0.2) is 11.0 Å². The topological polar surface area (TPSA) is 99.7 Å². The summed E-state index contributed by atoms with van der Waals surface area (Å²) >= 11 is 0. The predicted molar refractivity (Wildman–Crippen MR) is 67.5 cm³/mol. The fourth-order valence-electron chi connectivity index (χ4n) is 1.24. The Balaban J connectivity index is 3.06. The Morgan fingerprint density at radius 1 is 1.47 bits per heavy atom. The summed E-state index contributed by atoms with van der Waals surface area (Å²) in [6, 6.07) is 0. The zero-order valence-corrected chi connectivity index (χ0v) is 12.1. The second-order valence-corrected chi connectivity index (χ2v) is 5.25. The summed E-state index contributed by atoms with van der Waals surface area (Å²) in [6.07, 6.45) is 0.786. The molecule has 8 nitrogen and oxygen atoms in total. The number of phosphoric ester groups is 1. The van der Waals surface area contributed by atoms with Crippen molar-refractivity contribution in [2.24, 2.45) is 0 Å². The van der Waals surface area contributed by atoms with Crippen molar-refractivity contribution in [3.8, 4) is 11.5 Å². The minimum atomic E-state index is -3.83. The van der Waals surface area contributed by atoms with E-state index < -0.39 is 13.4 Å². The summed E-state index contributed by atoms with van der Waals surface area (Å²) in [7, 11) is -2.55. The maximum absolute atomic E-state index is 12.3. The summed E-state index contributed by atoms with van der Waals surface area (Å²) in [4.78, 5) is 11.4. The van der Waals surface area contributed by atoms with Crippen LogP contribution in [0.4, 0.5) is 0 Å². The Hall–Kier alpha value is -1.37. The van der Waals surface area contributed by atoms with E-state index in [0.29, 0.717) is 0 Å². The number of rotatable bonds is 7. The number of hydrogen-bond donors (Lipinski definition) is 1. The van der Waals surface area contributed by atoms with Gasteiger partial charge in [0, 0.05) is 0 Å². The lowest BCUT2D eigenvalue weighted by atomic mass is 10.5. The van der Waals surface area contributed by atoms with E-state index in [4.69, 9.17) is 18.3 Å². The number of ether oxygens (including phenoxy) is 1. The molecule has 0 aliphatic rings. The molecule has 0 spiro atoms. The molecule has 0 aromatic carbocycles. The first-order valence-corrected chi connectivity index (χ1v) is 7.12. The Kier molecular flexibility index (Phi) is 5.53. The Morgan fingerprint density at radius 3 is 2.68 bits per heavy atom. The highest BCUT2D eigenvalue weighted by atomic mass is 31.2. The van der Waals surface area contributed by atoms with Gasteiger partial charge in [-0.1, -0.05) is 0 Å². The van der Waals surface area contributed by atoms with Crippen LogP contribution < -0.4 is 14.8 Å². The van der Waals surface area contributed by atoms with Crippen LogP contribution in [0.25, 0.3) is 0 Å². The zero-order chi connectivity index (χ0) is 14.5. The van der Waals surface area contributed by atoms with Gasteiger partial charge in [-0.15, -0.1) is 0 Å². The molecule has 1 N–H and O–H groups in total. The SMILES string of the molecule is CCOP(=O)(Oc1cn[nH]c(=O)c1OC)OC(C)C. The number of aromatic nitrogens is 2. The van der Waals surface area contributed by atoms with E-state index in [1.807, 2.05) is 0 Å².